The van der Waals surface area contributed by atoms with Gasteiger partial charge in [-0.3, -0.25) is 4.79 Å². The number of nitrogens with zero attached hydrogens (tertiary/aromatic N) is 5. The van der Waals surface area contributed by atoms with Crippen LogP contribution in [0.2, 0.25) is 0 Å². The standard InChI is InChI=1S/C14H17N5O2/c1-9-15-7-12(8-16-9)14-18-17-13(21-14)11-3-5-19(6-4-11)10(2)20/h7-8,11H,3-6H2,1-2H3. The van der Waals surface area contributed by atoms with E-state index in [4.69, 9.17) is 4.42 Å². The zero-order chi connectivity index (χ0) is 14.8. The van der Waals surface area contributed by atoms with E-state index in [1.165, 1.54) is 0 Å². The Balaban J connectivity index is 1.71. The summed E-state index contributed by atoms with van der Waals surface area (Å²) in [6, 6.07) is 0. The number of carbonyl (C=O) groups excluding carboxylic acids is 1. The van der Waals surface area contributed by atoms with Crippen molar-refractivity contribution in [1.29, 1.82) is 0 Å². The fraction of sp³-hybridized carbons (Fsp3) is 0.500. The van der Waals surface area contributed by atoms with E-state index in [0.29, 0.717) is 17.6 Å². The van der Waals surface area contributed by atoms with E-state index in [0.717, 1.165) is 31.5 Å². The lowest BCUT2D eigenvalue weighted by Crippen LogP contribution is -2.36. The first-order valence-corrected chi connectivity index (χ1v) is 7.01. The molecule has 110 valence electrons. The van der Waals surface area contributed by atoms with Gasteiger partial charge in [0.2, 0.25) is 11.8 Å². The molecule has 2 aromatic heterocycles. The Bertz CT molecular complexity index is 629. The lowest BCUT2D eigenvalue weighted by atomic mass is 9.97. The number of hydrogen-bond donors (Lipinski definition) is 0. The first kappa shape index (κ1) is 13.7. The first-order valence-electron chi connectivity index (χ1n) is 7.01. The van der Waals surface area contributed by atoms with E-state index in [9.17, 15) is 4.79 Å². The summed E-state index contributed by atoms with van der Waals surface area (Å²) < 4.78 is 5.74. The number of aromatic nitrogens is 4. The maximum absolute atomic E-state index is 11.3. The SMILES string of the molecule is CC(=O)N1CCC(c2nnc(-c3cnc(C)nc3)o2)CC1. The molecule has 1 aliphatic heterocycles. The third-order valence-corrected chi connectivity index (χ3v) is 3.76. The maximum atomic E-state index is 11.3. The fourth-order valence-corrected chi connectivity index (χ4v) is 2.46. The lowest BCUT2D eigenvalue weighted by molar-refractivity contribution is -0.129. The molecule has 0 aromatic carbocycles. The van der Waals surface area contributed by atoms with Gasteiger partial charge in [0.05, 0.1) is 5.56 Å². The highest BCUT2D eigenvalue weighted by molar-refractivity contribution is 5.73. The summed E-state index contributed by atoms with van der Waals surface area (Å²) in [6.07, 6.45) is 5.06. The Hall–Kier alpha value is -2.31. The molecule has 7 nitrogen and oxygen atoms in total. The summed E-state index contributed by atoms with van der Waals surface area (Å²) in [5.74, 6) is 2.12. The average molecular weight is 287 g/mol. The number of likely N-dealkylation sites (tertiary alicyclic amines) is 1. The zero-order valence-electron chi connectivity index (χ0n) is 12.1. The molecule has 1 amide bonds. The highest BCUT2D eigenvalue weighted by Gasteiger charge is 2.26. The molecule has 1 saturated heterocycles. The lowest BCUT2D eigenvalue weighted by Gasteiger charge is -2.29. The molecule has 3 rings (SSSR count). The molecule has 0 aliphatic carbocycles. The minimum atomic E-state index is 0.122. The monoisotopic (exact) mass is 287 g/mol. The highest BCUT2D eigenvalue weighted by Crippen LogP contribution is 2.28. The summed E-state index contributed by atoms with van der Waals surface area (Å²) in [4.78, 5) is 21.4. The second-order valence-electron chi connectivity index (χ2n) is 5.24. The molecular weight excluding hydrogens is 270 g/mol. The third kappa shape index (κ3) is 2.91. The van der Waals surface area contributed by atoms with Crippen molar-refractivity contribution in [2.24, 2.45) is 0 Å². The van der Waals surface area contributed by atoms with Gasteiger partial charge in [-0.25, -0.2) is 9.97 Å². The predicted octanol–water partition coefficient (Wildman–Crippen LogP) is 1.56. The molecule has 1 fully saturated rings. The topological polar surface area (TPSA) is 85.0 Å². The Labute approximate surface area is 122 Å². The number of hydrogen-bond acceptors (Lipinski definition) is 6. The van der Waals surface area contributed by atoms with Gasteiger partial charge in [0, 0.05) is 38.3 Å². The Kier molecular flexibility index (Phi) is 3.64. The number of piperidine rings is 1. The van der Waals surface area contributed by atoms with Crippen LogP contribution in [0, 0.1) is 6.92 Å². The number of aryl methyl sites for hydroxylation is 1. The first-order chi connectivity index (χ1) is 10.1. The maximum Gasteiger partial charge on any atom is 0.250 e. The van der Waals surface area contributed by atoms with Crippen LogP contribution in [-0.4, -0.2) is 44.1 Å². The van der Waals surface area contributed by atoms with E-state index in [1.807, 2.05) is 11.8 Å². The van der Waals surface area contributed by atoms with Crippen LogP contribution in [0.25, 0.3) is 11.5 Å². The molecule has 0 atom stereocenters. The summed E-state index contributed by atoms with van der Waals surface area (Å²) in [7, 11) is 0. The molecule has 0 spiro atoms. The van der Waals surface area contributed by atoms with Crippen LogP contribution in [0.4, 0.5) is 0 Å². The van der Waals surface area contributed by atoms with Crippen molar-refractivity contribution in [1.82, 2.24) is 25.1 Å². The molecule has 0 radical (unpaired) electrons. The third-order valence-electron chi connectivity index (χ3n) is 3.76. The van der Waals surface area contributed by atoms with Gasteiger partial charge in [-0.05, 0) is 19.8 Å². The second kappa shape index (κ2) is 5.59. The van der Waals surface area contributed by atoms with Crippen LogP contribution < -0.4 is 0 Å². The second-order valence-corrected chi connectivity index (χ2v) is 5.24. The van der Waals surface area contributed by atoms with Crippen LogP contribution in [0.3, 0.4) is 0 Å². The Morgan fingerprint density at radius 2 is 1.90 bits per heavy atom. The van der Waals surface area contributed by atoms with Crippen molar-refractivity contribution in [2.75, 3.05) is 13.1 Å². The quantitative estimate of drug-likeness (QED) is 0.833. The van der Waals surface area contributed by atoms with E-state index in [2.05, 4.69) is 20.2 Å². The van der Waals surface area contributed by atoms with Gasteiger partial charge in [-0.15, -0.1) is 10.2 Å². The minimum absolute atomic E-state index is 0.122. The van der Waals surface area contributed by atoms with Gasteiger partial charge >= 0.3 is 0 Å². The van der Waals surface area contributed by atoms with Gasteiger partial charge < -0.3 is 9.32 Å². The van der Waals surface area contributed by atoms with Crippen LogP contribution in [-0.2, 0) is 4.79 Å². The van der Waals surface area contributed by atoms with Crippen LogP contribution in [0.15, 0.2) is 16.8 Å². The zero-order valence-corrected chi connectivity index (χ0v) is 12.1. The van der Waals surface area contributed by atoms with E-state index in [1.54, 1.807) is 19.3 Å². The van der Waals surface area contributed by atoms with Crippen molar-refractivity contribution in [2.45, 2.75) is 32.6 Å². The Morgan fingerprint density at radius 3 is 2.52 bits per heavy atom. The average Bonchev–Trinajstić information content (AvgIpc) is 2.98. The van der Waals surface area contributed by atoms with Crippen molar-refractivity contribution in [3.05, 3.63) is 24.1 Å². The molecule has 0 saturated carbocycles. The van der Waals surface area contributed by atoms with Crippen LogP contribution >= 0.6 is 0 Å². The fourth-order valence-electron chi connectivity index (χ4n) is 2.46. The van der Waals surface area contributed by atoms with Crippen molar-refractivity contribution < 1.29 is 9.21 Å². The minimum Gasteiger partial charge on any atom is -0.420 e. The predicted molar refractivity (Wildman–Crippen MR) is 74.3 cm³/mol. The smallest absolute Gasteiger partial charge is 0.250 e. The largest absolute Gasteiger partial charge is 0.420 e. The van der Waals surface area contributed by atoms with E-state index in [-0.39, 0.29) is 11.8 Å². The number of amides is 1. The molecule has 0 N–H and O–H groups in total. The number of carbonyl (C=O) groups is 1. The van der Waals surface area contributed by atoms with Gasteiger partial charge in [-0.2, -0.15) is 0 Å². The molecule has 1 aliphatic rings. The molecule has 0 bridgehead atoms. The summed E-state index contributed by atoms with van der Waals surface area (Å²) >= 11 is 0. The summed E-state index contributed by atoms with van der Waals surface area (Å²) in [6.45, 7) is 4.91. The van der Waals surface area contributed by atoms with Gasteiger partial charge in [0.25, 0.3) is 5.89 Å². The van der Waals surface area contributed by atoms with Gasteiger partial charge in [-0.1, -0.05) is 0 Å². The van der Waals surface area contributed by atoms with Gasteiger partial charge in [0.1, 0.15) is 5.82 Å². The van der Waals surface area contributed by atoms with Crippen molar-refractivity contribution in [3.63, 3.8) is 0 Å². The molecule has 2 aromatic rings. The van der Waals surface area contributed by atoms with Crippen LogP contribution in [0.1, 0.15) is 37.4 Å². The molecule has 7 heteroatoms. The summed E-state index contributed by atoms with van der Waals surface area (Å²) in [5, 5.41) is 8.20. The van der Waals surface area contributed by atoms with Crippen molar-refractivity contribution >= 4 is 5.91 Å². The normalized spacial score (nSPS) is 16.2. The van der Waals surface area contributed by atoms with Crippen molar-refractivity contribution in [3.8, 4) is 11.5 Å². The number of rotatable bonds is 2. The van der Waals surface area contributed by atoms with Gasteiger partial charge in [0.15, 0.2) is 0 Å². The molecule has 21 heavy (non-hydrogen) atoms. The molecule has 3 heterocycles. The van der Waals surface area contributed by atoms with E-state index < -0.39 is 0 Å². The highest BCUT2D eigenvalue weighted by atomic mass is 16.4. The molecular formula is C14H17N5O2. The Morgan fingerprint density at radius 1 is 1.24 bits per heavy atom. The van der Waals surface area contributed by atoms with Crippen LogP contribution in [0.5, 0.6) is 0 Å². The van der Waals surface area contributed by atoms with E-state index >= 15 is 0 Å². The molecule has 0 unspecified atom stereocenters. The summed E-state index contributed by atoms with van der Waals surface area (Å²) in [5.41, 5.74) is 0.723.